The van der Waals surface area contributed by atoms with Gasteiger partial charge in [0.1, 0.15) is 17.8 Å². The van der Waals surface area contributed by atoms with E-state index >= 15 is 0 Å². The zero-order valence-electron chi connectivity index (χ0n) is 13.7. The summed E-state index contributed by atoms with van der Waals surface area (Å²) < 4.78 is 0. The van der Waals surface area contributed by atoms with E-state index in [1.54, 1.807) is 0 Å². The topological polar surface area (TPSA) is 127 Å². The molecule has 3 atom stereocenters. The number of benzene rings is 1. The van der Waals surface area contributed by atoms with Crippen molar-refractivity contribution in [2.45, 2.75) is 12.1 Å². The minimum Gasteiger partial charge on any atom is -0.508 e. The smallest absolute Gasteiger partial charge is 0.325 e. The molecular formula is C18H18N2O6. The summed E-state index contributed by atoms with van der Waals surface area (Å²) in [5.74, 6) is -3.27. The first-order valence-corrected chi connectivity index (χ1v) is 8.06. The standard InChI is InChI=1S/C18H18N2O6/c21-11-3-1-10(2-4-11)15(17(23)24)20-8-7-19-14-9-12(22)5-6-13(14)16(20)18(25)26/h1-6,9,13,15-16,19,21H,7-8H2,(H,23,24)(H,25,26). The second kappa shape index (κ2) is 7.01. The molecule has 0 spiro atoms. The third-order valence-corrected chi connectivity index (χ3v) is 4.55. The second-order valence-corrected chi connectivity index (χ2v) is 6.17. The minimum absolute atomic E-state index is 0.0100. The number of carbonyl (C=O) groups excluding carboxylic acids is 1. The molecule has 8 heteroatoms. The largest absolute Gasteiger partial charge is 0.508 e. The summed E-state index contributed by atoms with van der Waals surface area (Å²) in [5, 5.41) is 32.1. The van der Waals surface area contributed by atoms with Gasteiger partial charge in [0.2, 0.25) is 0 Å². The summed E-state index contributed by atoms with van der Waals surface area (Å²) in [4.78, 5) is 37.0. The lowest BCUT2D eigenvalue weighted by molar-refractivity contribution is -0.151. The summed E-state index contributed by atoms with van der Waals surface area (Å²) in [7, 11) is 0. The molecule has 1 aliphatic carbocycles. The van der Waals surface area contributed by atoms with E-state index in [9.17, 15) is 29.7 Å². The fourth-order valence-electron chi connectivity index (χ4n) is 3.44. The van der Waals surface area contributed by atoms with Crippen LogP contribution >= 0.6 is 0 Å². The van der Waals surface area contributed by atoms with Crippen LogP contribution in [0.25, 0.3) is 0 Å². The van der Waals surface area contributed by atoms with Crippen molar-refractivity contribution < 1.29 is 29.7 Å². The first-order valence-electron chi connectivity index (χ1n) is 8.06. The van der Waals surface area contributed by atoms with Crippen molar-refractivity contribution in [2.75, 3.05) is 13.1 Å². The molecule has 0 saturated carbocycles. The van der Waals surface area contributed by atoms with E-state index in [0.29, 0.717) is 17.8 Å². The van der Waals surface area contributed by atoms with E-state index in [0.717, 1.165) is 0 Å². The normalized spacial score (nSPS) is 24.0. The van der Waals surface area contributed by atoms with Gasteiger partial charge in [-0.25, -0.2) is 0 Å². The van der Waals surface area contributed by atoms with Crippen molar-refractivity contribution in [2.24, 2.45) is 5.92 Å². The third-order valence-electron chi connectivity index (χ3n) is 4.55. The lowest BCUT2D eigenvalue weighted by atomic mass is 9.89. The Hall–Kier alpha value is -3.13. The molecule has 4 N–H and O–H groups in total. The van der Waals surface area contributed by atoms with Crippen molar-refractivity contribution in [3.8, 4) is 5.75 Å². The number of ketones is 1. The van der Waals surface area contributed by atoms with Crippen LogP contribution in [-0.2, 0) is 14.4 Å². The summed E-state index contributed by atoms with van der Waals surface area (Å²) in [5.41, 5.74) is 0.840. The number of allylic oxidation sites excluding steroid dienone is 2. The van der Waals surface area contributed by atoms with Crippen LogP contribution in [0.5, 0.6) is 5.75 Å². The van der Waals surface area contributed by atoms with Gasteiger partial charge in [0, 0.05) is 30.8 Å². The van der Waals surface area contributed by atoms with Crippen LogP contribution in [0.15, 0.2) is 48.2 Å². The third kappa shape index (κ3) is 3.31. The molecule has 0 aromatic heterocycles. The number of aromatic hydroxyl groups is 1. The average Bonchev–Trinajstić information content (AvgIpc) is 2.75. The number of nitrogens with zero attached hydrogens (tertiary/aromatic N) is 1. The van der Waals surface area contributed by atoms with Crippen LogP contribution in [0, 0.1) is 5.92 Å². The van der Waals surface area contributed by atoms with Gasteiger partial charge in [-0.3, -0.25) is 19.3 Å². The molecule has 3 rings (SSSR count). The van der Waals surface area contributed by atoms with E-state index in [1.165, 1.54) is 47.4 Å². The van der Waals surface area contributed by atoms with Crippen molar-refractivity contribution in [3.05, 3.63) is 53.8 Å². The highest BCUT2D eigenvalue weighted by molar-refractivity contribution is 6.01. The van der Waals surface area contributed by atoms with Gasteiger partial charge in [0.25, 0.3) is 0 Å². The van der Waals surface area contributed by atoms with Crippen molar-refractivity contribution in [1.29, 1.82) is 0 Å². The molecule has 1 saturated heterocycles. The Morgan fingerprint density at radius 1 is 1.19 bits per heavy atom. The Labute approximate surface area is 149 Å². The molecule has 1 aliphatic heterocycles. The van der Waals surface area contributed by atoms with E-state index in [2.05, 4.69) is 5.32 Å². The van der Waals surface area contributed by atoms with Gasteiger partial charge in [0.15, 0.2) is 5.78 Å². The zero-order valence-corrected chi connectivity index (χ0v) is 13.7. The van der Waals surface area contributed by atoms with E-state index in [1.807, 2.05) is 0 Å². The zero-order chi connectivity index (χ0) is 18.8. The van der Waals surface area contributed by atoms with Crippen molar-refractivity contribution in [3.63, 3.8) is 0 Å². The first kappa shape index (κ1) is 17.7. The molecule has 8 nitrogen and oxygen atoms in total. The van der Waals surface area contributed by atoms with Gasteiger partial charge < -0.3 is 20.6 Å². The maximum Gasteiger partial charge on any atom is 0.325 e. The van der Waals surface area contributed by atoms with Crippen LogP contribution in [0.2, 0.25) is 0 Å². The molecule has 0 amide bonds. The number of phenolic OH excluding ortho intramolecular Hbond substituents is 1. The molecule has 1 fully saturated rings. The molecule has 0 bridgehead atoms. The van der Waals surface area contributed by atoms with Gasteiger partial charge in [-0.1, -0.05) is 18.2 Å². The highest BCUT2D eigenvalue weighted by Crippen LogP contribution is 2.32. The quantitative estimate of drug-likeness (QED) is 0.613. The van der Waals surface area contributed by atoms with Crippen molar-refractivity contribution in [1.82, 2.24) is 10.2 Å². The van der Waals surface area contributed by atoms with Crippen LogP contribution in [0.4, 0.5) is 0 Å². The van der Waals surface area contributed by atoms with E-state index < -0.39 is 29.9 Å². The van der Waals surface area contributed by atoms with Gasteiger partial charge in [-0.2, -0.15) is 0 Å². The molecule has 1 aromatic carbocycles. The second-order valence-electron chi connectivity index (χ2n) is 6.17. The number of rotatable bonds is 4. The predicted molar refractivity (Wildman–Crippen MR) is 90.3 cm³/mol. The molecule has 2 aliphatic rings. The van der Waals surface area contributed by atoms with Crippen molar-refractivity contribution >= 4 is 17.7 Å². The first-order chi connectivity index (χ1) is 12.4. The number of aliphatic carboxylic acids is 2. The minimum atomic E-state index is -1.20. The highest BCUT2D eigenvalue weighted by Gasteiger charge is 2.43. The molecule has 136 valence electrons. The van der Waals surface area contributed by atoms with Gasteiger partial charge >= 0.3 is 11.9 Å². The fraction of sp³-hybridized carbons (Fsp3) is 0.278. The number of nitrogens with one attached hydrogen (secondary N) is 1. The lowest BCUT2D eigenvalue weighted by Gasteiger charge is -2.35. The van der Waals surface area contributed by atoms with Gasteiger partial charge in [-0.05, 0) is 23.8 Å². The number of fused-ring (bicyclic) bond motifs is 1. The van der Waals surface area contributed by atoms with E-state index in [4.69, 9.17) is 0 Å². The van der Waals surface area contributed by atoms with Gasteiger partial charge in [0.05, 0.1) is 0 Å². The Morgan fingerprint density at radius 2 is 1.88 bits per heavy atom. The highest BCUT2D eigenvalue weighted by atomic mass is 16.4. The van der Waals surface area contributed by atoms with E-state index in [-0.39, 0.29) is 18.1 Å². The molecule has 0 radical (unpaired) electrons. The molecule has 1 aromatic rings. The fourth-order valence-corrected chi connectivity index (χ4v) is 3.44. The lowest BCUT2D eigenvalue weighted by Crippen LogP contribution is -2.49. The predicted octanol–water partition coefficient (Wildman–Crippen LogP) is 0.515. The molecule has 26 heavy (non-hydrogen) atoms. The SMILES string of the molecule is O=C1C=CC2C(=C1)NCCN(C(C(=O)O)c1ccc(O)cc1)C2C(=O)O. The Kier molecular flexibility index (Phi) is 4.77. The maximum absolute atomic E-state index is 12.0. The summed E-state index contributed by atoms with van der Waals surface area (Å²) in [6, 6.07) is 3.29. The van der Waals surface area contributed by atoms with Crippen LogP contribution in [-0.4, -0.2) is 57.1 Å². The van der Waals surface area contributed by atoms with Crippen LogP contribution < -0.4 is 5.32 Å². The Balaban J connectivity index is 2.05. The summed E-state index contributed by atoms with van der Waals surface area (Å²) in [6.45, 7) is 0.458. The Bertz CT molecular complexity index is 798. The number of carboxylic acids is 2. The Morgan fingerprint density at radius 3 is 2.50 bits per heavy atom. The number of hydrogen-bond donors (Lipinski definition) is 4. The van der Waals surface area contributed by atoms with Gasteiger partial charge in [-0.15, -0.1) is 0 Å². The van der Waals surface area contributed by atoms with Crippen LogP contribution in [0.1, 0.15) is 11.6 Å². The summed E-state index contributed by atoms with van der Waals surface area (Å²) >= 11 is 0. The number of carboxylic acid groups (broad SMARTS) is 2. The number of phenols is 1. The molecular weight excluding hydrogens is 340 g/mol. The monoisotopic (exact) mass is 358 g/mol. The number of hydrogen-bond acceptors (Lipinski definition) is 6. The number of carbonyl (C=O) groups is 3. The maximum atomic E-state index is 12.0. The summed E-state index contributed by atoms with van der Waals surface area (Å²) in [6.07, 6.45) is 4.14. The van der Waals surface area contributed by atoms with Crippen LogP contribution in [0.3, 0.4) is 0 Å². The average molecular weight is 358 g/mol. The molecule has 1 heterocycles. The molecule has 3 unspecified atom stereocenters.